The van der Waals surface area contributed by atoms with Gasteiger partial charge in [0.1, 0.15) is 0 Å². The van der Waals surface area contributed by atoms with Crippen molar-refractivity contribution in [3.8, 4) is 0 Å². The van der Waals surface area contributed by atoms with Crippen LogP contribution in [0.2, 0.25) is 0 Å². The van der Waals surface area contributed by atoms with E-state index in [1.54, 1.807) is 19.1 Å². The maximum Gasteiger partial charge on any atom is 0.335 e. The van der Waals surface area contributed by atoms with Crippen molar-refractivity contribution in [3.63, 3.8) is 0 Å². The van der Waals surface area contributed by atoms with Gasteiger partial charge in [0, 0.05) is 28.7 Å². The Balaban J connectivity index is 2.78. The van der Waals surface area contributed by atoms with Crippen molar-refractivity contribution in [1.82, 2.24) is 4.57 Å². The smallest absolute Gasteiger partial charge is 0.335 e. The number of hydrogen-bond donors (Lipinski definition) is 2. The van der Waals surface area contributed by atoms with E-state index >= 15 is 0 Å². The third-order valence-corrected chi connectivity index (χ3v) is 3.48. The lowest BCUT2D eigenvalue weighted by Gasteiger charge is -2.08. The summed E-state index contributed by atoms with van der Waals surface area (Å²) >= 11 is 0. The molecule has 0 bridgehead atoms. The molecule has 0 aliphatic carbocycles. The van der Waals surface area contributed by atoms with Crippen LogP contribution in [0.4, 0.5) is 0 Å². The van der Waals surface area contributed by atoms with Crippen molar-refractivity contribution in [2.75, 3.05) is 0 Å². The van der Waals surface area contributed by atoms with Crippen molar-refractivity contribution < 1.29 is 15.0 Å². The minimum atomic E-state index is -0.945. The Labute approximate surface area is 112 Å². The molecule has 2 rings (SSSR count). The first-order valence-electron chi connectivity index (χ1n) is 6.51. The van der Waals surface area contributed by atoms with Crippen molar-refractivity contribution in [2.24, 2.45) is 0 Å². The predicted molar refractivity (Wildman–Crippen MR) is 74.6 cm³/mol. The van der Waals surface area contributed by atoms with Crippen LogP contribution in [0.5, 0.6) is 0 Å². The normalized spacial score (nSPS) is 12.8. The van der Waals surface area contributed by atoms with Gasteiger partial charge in [-0.3, -0.25) is 0 Å². The van der Waals surface area contributed by atoms with Crippen LogP contribution in [0.15, 0.2) is 18.2 Å². The van der Waals surface area contributed by atoms with E-state index in [9.17, 15) is 9.90 Å². The highest BCUT2D eigenvalue weighted by molar-refractivity contribution is 5.95. The van der Waals surface area contributed by atoms with E-state index < -0.39 is 12.1 Å². The molecule has 4 heteroatoms. The molecular formula is C15H19NO3. The first kappa shape index (κ1) is 13.6. The summed E-state index contributed by atoms with van der Waals surface area (Å²) < 4.78 is 2.14. The summed E-state index contributed by atoms with van der Waals surface area (Å²) in [6.45, 7) is 6.64. The third-order valence-electron chi connectivity index (χ3n) is 3.48. The van der Waals surface area contributed by atoms with Gasteiger partial charge in [0.15, 0.2) is 0 Å². The number of aromatic nitrogens is 1. The largest absolute Gasteiger partial charge is 0.478 e. The molecule has 0 spiro atoms. The molecule has 0 saturated heterocycles. The predicted octanol–water partition coefficient (Wildman–Crippen LogP) is 3.11. The quantitative estimate of drug-likeness (QED) is 0.888. The summed E-state index contributed by atoms with van der Waals surface area (Å²) in [5, 5.41) is 19.9. The molecule has 102 valence electrons. The number of benzene rings is 1. The number of nitrogens with zero attached hydrogens (tertiary/aromatic N) is 1. The Hall–Kier alpha value is -1.81. The highest BCUT2D eigenvalue weighted by Gasteiger charge is 2.18. The third kappa shape index (κ3) is 2.24. The number of fused-ring (bicyclic) bond motifs is 1. The first-order valence-corrected chi connectivity index (χ1v) is 6.51. The summed E-state index contributed by atoms with van der Waals surface area (Å²) in [4.78, 5) is 11.1. The van der Waals surface area contributed by atoms with Crippen molar-refractivity contribution in [2.45, 2.75) is 39.8 Å². The zero-order valence-electron chi connectivity index (χ0n) is 11.5. The van der Waals surface area contributed by atoms with Crippen molar-refractivity contribution in [3.05, 3.63) is 35.0 Å². The summed E-state index contributed by atoms with van der Waals surface area (Å²) in [5.41, 5.74) is 3.07. The molecule has 1 atom stereocenters. The maximum atomic E-state index is 11.1. The molecule has 0 amide bonds. The SMILES string of the molecule is CCCn1c(C)c(C(C)O)c2cc(C(=O)O)ccc21. The van der Waals surface area contributed by atoms with Crippen LogP contribution in [-0.4, -0.2) is 20.7 Å². The summed E-state index contributed by atoms with van der Waals surface area (Å²) in [6, 6.07) is 5.09. The Morgan fingerprint density at radius 3 is 2.63 bits per heavy atom. The van der Waals surface area contributed by atoms with Crippen molar-refractivity contribution >= 4 is 16.9 Å². The monoisotopic (exact) mass is 261 g/mol. The molecule has 1 unspecified atom stereocenters. The molecule has 19 heavy (non-hydrogen) atoms. The van der Waals surface area contributed by atoms with Gasteiger partial charge in [0.05, 0.1) is 11.7 Å². The number of aryl methyl sites for hydroxylation is 1. The van der Waals surface area contributed by atoms with Gasteiger partial charge in [0.25, 0.3) is 0 Å². The second-order valence-corrected chi connectivity index (χ2v) is 4.86. The second kappa shape index (κ2) is 5.05. The molecule has 1 aromatic heterocycles. The Morgan fingerprint density at radius 1 is 1.42 bits per heavy atom. The van der Waals surface area contributed by atoms with Gasteiger partial charge >= 0.3 is 5.97 Å². The van der Waals surface area contributed by atoms with Gasteiger partial charge in [-0.25, -0.2) is 4.79 Å². The Morgan fingerprint density at radius 2 is 2.11 bits per heavy atom. The van der Waals surface area contributed by atoms with Gasteiger partial charge in [-0.1, -0.05) is 6.92 Å². The first-order chi connectivity index (χ1) is 8.97. The molecule has 0 saturated carbocycles. The number of aliphatic hydroxyl groups is 1. The van der Waals surface area contributed by atoms with Gasteiger partial charge in [-0.05, 0) is 38.5 Å². The number of hydrogen-bond acceptors (Lipinski definition) is 2. The van der Waals surface area contributed by atoms with Crippen LogP contribution < -0.4 is 0 Å². The van der Waals surface area contributed by atoms with E-state index in [2.05, 4.69) is 11.5 Å². The Bertz CT molecular complexity index is 626. The van der Waals surface area contributed by atoms with Crippen LogP contribution in [0.1, 0.15) is 48.0 Å². The number of carboxylic acids is 1. The summed E-state index contributed by atoms with van der Waals surface area (Å²) in [6.07, 6.45) is 0.384. The van der Waals surface area contributed by atoms with E-state index in [0.29, 0.717) is 0 Å². The van der Waals surface area contributed by atoms with E-state index in [1.165, 1.54) is 0 Å². The lowest BCUT2D eigenvalue weighted by molar-refractivity contribution is 0.0697. The zero-order valence-corrected chi connectivity index (χ0v) is 11.5. The fourth-order valence-electron chi connectivity index (χ4n) is 2.68. The molecular weight excluding hydrogens is 242 g/mol. The standard InChI is InChI=1S/C15H19NO3/c1-4-7-16-9(2)14(10(3)17)12-8-11(15(18)19)5-6-13(12)16/h5-6,8,10,17H,4,7H2,1-3H3,(H,18,19). The van der Waals surface area contributed by atoms with Gasteiger partial charge < -0.3 is 14.8 Å². The molecule has 2 N–H and O–H groups in total. The molecule has 0 radical (unpaired) electrons. The van der Waals surface area contributed by atoms with E-state index in [0.717, 1.165) is 35.1 Å². The molecule has 0 fully saturated rings. The van der Waals surface area contributed by atoms with Gasteiger partial charge in [-0.15, -0.1) is 0 Å². The zero-order chi connectivity index (χ0) is 14.2. The fraction of sp³-hybridized carbons (Fsp3) is 0.400. The lowest BCUT2D eigenvalue weighted by atomic mass is 10.0. The minimum Gasteiger partial charge on any atom is -0.478 e. The van der Waals surface area contributed by atoms with E-state index in [-0.39, 0.29) is 5.56 Å². The van der Waals surface area contributed by atoms with Crippen LogP contribution >= 0.6 is 0 Å². The highest BCUT2D eigenvalue weighted by atomic mass is 16.4. The van der Waals surface area contributed by atoms with Crippen LogP contribution in [0.3, 0.4) is 0 Å². The fourth-order valence-corrected chi connectivity index (χ4v) is 2.68. The summed E-state index contributed by atoms with van der Waals surface area (Å²) in [5.74, 6) is -0.945. The number of aliphatic hydroxyl groups excluding tert-OH is 1. The maximum absolute atomic E-state index is 11.1. The molecule has 0 aliphatic heterocycles. The Kier molecular flexibility index (Phi) is 3.62. The average Bonchev–Trinajstić information content (AvgIpc) is 2.62. The number of rotatable bonds is 4. The second-order valence-electron chi connectivity index (χ2n) is 4.86. The van der Waals surface area contributed by atoms with Crippen LogP contribution in [0.25, 0.3) is 10.9 Å². The van der Waals surface area contributed by atoms with Crippen LogP contribution in [-0.2, 0) is 6.54 Å². The summed E-state index contributed by atoms with van der Waals surface area (Å²) in [7, 11) is 0. The topological polar surface area (TPSA) is 62.5 Å². The number of carboxylic acid groups (broad SMARTS) is 1. The lowest BCUT2D eigenvalue weighted by Crippen LogP contribution is -2.01. The van der Waals surface area contributed by atoms with Crippen LogP contribution in [0, 0.1) is 6.92 Å². The van der Waals surface area contributed by atoms with Gasteiger partial charge in [0.2, 0.25) is 0 Å². The number of aromatic carboxylic acids is 1. The molecule has 0 aliphatic rings. The average molecular weight is 261 g/mol. The molecule has 2 aromatic rings. The molecule has 1 aromatic carbocycles. The van der Waals surface area contributed by atoms with E-state index in [4.69, 9.17) is 5.11 Å². The minimum absolute atomic E-state index is 0.253. The molecule has 1 heterocycles. The van der Waals surface area contributed by atoms with E-state index in [1.807, 2.05) is 13.0 Å². The van der Waals surface area contributed by atoms with Crippen molar-refractivity contribution in [1.29, 1.82) is 0 Å². The van der Waals surface area contributed by atoms with Gasteiger partial charge in [-0.2, -0.15) is 0 Å². The molecule has 4 nitrogen and oxygen atoms in total. The number of carbonyl (C=O) groups is 1. The highest BCUT2D eigenvalue weighted by Crippen LogP contribution is 2.31.